The number of nitrogens with zero attached hydrogens (tertiary/aromatic N) is 7. The van der Waals surface area contributed by atoms with Crippen LogP contribution in [0.4, 0.5) is 10.5 Å². The molecule has 3 aromatic heterocycles. The fourth-order valence-electron chi connectivity index (χ4n) is 6.19. The zero-order chi connectivity index (χ0) is 34.3. The second-order valence-corrected chi connectivity index (χ2v) is 14.0. The number of carbonyl (C=O) groups is 3. The Bertz CT molecular complexity index is 1880. The number of fused-ring (bicyclic) bond motifs is 2. The average molecular weight is 675 g/mol. The van der Waals surface area contributed by atoms with Gasteiger partial charge < -0.3 is 20.1 Å². The number of rotatable bonds is 7. The monoisotopic (exact) mass is 674 g/mol. The molecule has 0 unspecified atom stereocenters. The fourth-order valence-corrected chi connectivity index (χ4v) is 6.29. The van der Waals surface area contributed by atoms with Crippen molar-refractivity contribution in [2.24, 2.45) is 11.7 Å². The van der Waals surface area contributed by atoms with Crippen LogP contribution in [0.5, 0.6) is 5.75 Å². The van der Waals surface area contributed by atoms with Gasteiger partial charge in [0.05, 0.1) is 40.8 Å². The van der Waals surface area contributed by atoms with Crippen molar-refractivity contribution in [3.05, 3.63) is 58.9 Å². The van der Waals surface area contributed by atoms with Gasteiger partial charge >= 0.3 is 6.09 Å². The van der Waals surface area contributed by atoms with Gasteiger partial charge in [-0.05, 0) is 63.6 Å². The van der Waals surface area contributed by atoms with Crippen LogP contribution in [0, 0.1) is 5.92 Å². The first-order valence-corrected chi connectivity index (χ1v) is 16.4. The third kappa shape index (κ3) is 6.77. The minimum atomic E-state index is -0.594. The normalized spacial score (nSPS) is 15.5. The van der Waals surface area contributed by atoms with E-state index in [-0.39, 0.29) is 37.1 Å². The summed E-state index contributed by atoms with van der Waals surface area (Å²) in [7, 11) is 0. The Hall–Kier alpha value is -4.78. The summed E-state index contributed by atoms with van der Waals surface area (Å²) in [5.41, 5.74) is 8.88. The molecule has 2 aliphatic rings. The van der Waals surface area contributed by atoms with E-state index in [9.17, 15) is 14.4 Å². The molecule has 4 aromatic rings. The maximum atomic E-state index is 13.2. The molecule has 5 heterocycles. The molecule has 0 saturated carbocycles. The summed E-state index contributed by atoms with van der Waals surface area (Å²) in [5, 5.41) is 5.85. The number of aromatic nitrogens is 5. The van der Waals surface area contributed by atoms with E-state index in [1.54, 1.807) is 22.1 Å². The number of piperidine rings is 1. The molecule has 2 aliphatic heterocycles. The number of halogens is 1. The van der Waals surface area contributed by atoms with Crippen LogP contribution in [0.1, 0.15) is 75.4 Å². The molecule has 0 spiro atoms. The molecule has 1 aromatic carbocycles. The van der Waals surface area contributed by atoms with Gasteiger partial charge in [0.2, 0.25) is 0 Å². The van der Waals surface area contributed by atoms with Gasteiger partial charge in [-0.25, -0.2) is 24.4 Å². The molecule has 2 N–H and O–H groups in total. The first-order chi connectivity index (χ1) is 22.8. The molecule has 3 amide bonds. The molecule has 14 heteroatoms. The van der Waals surface area contributed by atoms with Crippen molar-refractivity contribution in [1.82, 2.24) is 29.6 Å². The first kappa shape index (κ1) is 33.1. The molecule has 0 bridgehead atoms. The third-order valence-electron chi connectivity index (χ3n) is 8.29. The standard InChI is InChI=1S/C34H39ClN8O5/c1-19(2)12-24-30(31(36)45)29(20-6-7-25-26(13-20)47-18-28(44)42(25)17-27-37-14-21(35)15-38-27)23-16-39-43(32(23)40-24)22-8-10-41(11-9-22)33(46)48-34(3,4)5/h6-7,13-16,19,22H,8-12,17-18H2,1-5H3,(H2,36,45). The van der Waals surface area contributed by atoms with Crippen LogP contribution >= 0.6 is 11.6 Å². The van der Waals surface area contributed by atoms with Crippen LogP contribution in [0.3, 0.4) is 0 Å². The van der Waals surface area contributed by atoms with Crippen LogP contribution in [0.15, 0.2) is 36.8 Å². The molecule has 0 radical (unpaired) electrons. The molecule has 48 heavy (non-hydrogen) atoms. The van der Waals surface area contributed by atoms with E-state index in [0.717, 1.165) is 0 Å². The van der Waals surface area contributed by atoms with Crippen LogP contribution in [-0.2, 0) is 22.5 Å². The van der Waals surface area contributed by atoms with E-state index >= 15 is 0 Å². The number of hydrogen-bond acceptors (Lipinski definition) is 9. The summed E-state index contributed by atoms with van der Waals surface area (Å²) in [6.07, 6.45) is 6.21. The van der Waals surface area contributed by atoms with Gasteiger partial charge in [0.1, 0.15) is 17.2 Å². The summed E-state index contributed by atoms with van der Waals surface area (Å²) in [5.74, 6) is 0.253. The smallest absolute Gasteiger partial charge is 0.410 e. The maximum Gasteiger partial charge on any atom is 0.410 e. The quantitative estimate of drug-likeness (QED) is 0.273. The van der Waals surface area contributed by atoms with Crippen LogP contribution < -0.4 is 15.4 Å². The minimum Gasteiger partial charge on any atom is -0.482 e. The van der Waals surface area contributed by atoms with E-state index in [2.05, 4.69) is 23.8 Å². The number of primary amides is 1. The average Bonchev–Trinajstić information content (AvgIpc) is 3.45. The molecule has 1 fully saturated rings. The Morgan fingerprint density at radius 3 is 2.48 bits per heavy atom. The minimum absolute atomic E-state index is 0.0191. The predicted octanol–water partition coefficient (Wildman–Crippen LogP) is 5.34. The van der Waals surface area contributed by atoms with E-state index in [1.807, 2.05) is 37.6 Å². The number of hydrogen-bond donors (Lipinski definition) is 1. The molecule has 13 nitrogen and oxygen atoms in total. The molecule has 6 rings (SSSR count). The third-order valence-corrected chi connectivity index (χ3v) is 8.49. The number of pyridine rings is 1. The number of ether oxygens (including phenoxy) is 2. The zero-order valence-electron chi connectivity index (χ0n) is 27.7. The van der Waals surface area contributed by atoms with Gasteiger partial charge in [-0.1, -0.05) is 31.5 Å². The zero-order valence-corrected chi connectivity index (χ0v) is 28.5. The Labute approximate surface area is 283 Å². The highest BCUT2D eigenvalue weighted by Crippen LogP contribution is 2.41. The van der Waals surface area contributed by atoms with Crippen molar-refractivity contribution in [3.63, 3.8) is 0 Å². The highest BCUT2D eigenvalue weighted by atomic mass is 35.5. The van der Waals surface area contributed by atoms with Crippen molar-refractivity contribution >= 4 is 46.2 Å². The number of likely N-dealkylation sites (tertiary alicyclic amines) is 1. The molecule has 0 atom stereocenters. The molecule has 252 valence electrons. The van der Waals surface area contributed by atoms with Crippen LogP contribution in [-0.4, -0.2) is 72.8 Å². The Kier molecular flexibility index (Phi) is 8.99. The highest BCUT2D eigenvalue weighted by molar-refractivity contribution is 6.30. The van der Waals surface area contributed by atoms with E-state index in [4.69, 9.17) is 36.9 Å². The summed E-state index contributed by atoms with van der Waals surface area (Å²) < 4.78 is 13.4. The van der Waals surface area contributed by atoms with Gasteiger partial charge in [-0.15, -0.1) is 0 Å². The highest BCUT2D eigenvalue weighted by Gasteiger charge is 2.32. The van der Waals surface area contributed by atoms with Gasteiger partial charge in [0.15, 0.2) is 12.3 Å². The van der Waals surface area contributed by atoms with Crippen LogP contribution in [0.2, 0.25) is 5.02 Å². The van der Waals surface area contributed by atoms with Gasteiger partial charge in [-0.3, -0.25) is 14.5 Å². The lowest BCUT2D eigenvalue weighted by molar-refractivity contribution is -0.121. The van der Waals surface area contributed by atoms with Crippen molar-refractivity contribution in [3.8, 4) is 16.9 Å². The largest absolute Gasteiger partial charge is 0.482 e. The lowest BCUT2D eigenvalue weighted by Crippen LogP contribution is -2.42. The van der Waals surface area contributed by atoms with Crippen molar-refractivity contribution in [1.29, 1.82) is 0 Å². The second kappa shape index (κ2) is 13.0. The van der Waals surface area contributed by atoms with E-state index in [0.29, 0.717) is 88.1 Å². The summed E-state index contributed by atoms with van der Waals surface area (Å²) >= 11 is 5.95. The Morgan fingerprint density at radius 1 is 1.12 bits per heavy atom. The lowest BCUT2D eigenvalue weighted by atomic mass is 9.92. The summed E-state index contributed by atoms with van der Waals surface area (Å²) in [6, 6.07) is 5.42. The van der Waals surface area contributed by atoms with Crippen molar-refractivity contribution in [2.75, 3.05) is 24.6 Å². The molecular weight excluding hydrogens is 636 g/mol. The number of nitrogens with two attached hydrogens (primary N) is 1. The van der Waals surface area contributed by atoms with Crippen molar-refractivity contribution in [2.45, 2.75) is 72.1 Å². The van der Waals surface area contributed by atoms with Crippen molar-refractivity contribution < 1.29 is 23.9 Å². The van der Waals surface area contributed by atoms with Gasteiger partial charge in [-0.2, -0.15) is 5.10 Å². The second-order valence-electron chi connectivity index (χ2n) is 13.6. The predicted molar refractivity (Wildman–Crippen MR) is 180 cm³/mol. The Morgan fingerprint density at radius 2 is 1.83 bits per heavy atom. The number of amides is 3. The molecular formula is C34H39ClN8O5. The summed E-state index contributed by atoms with van der Waals surface area (Å²) in [6.45, 7) is 10.7. The molecule has 1 saturated heterocycles. The number of benzene rings is 1. The summed E-state index contributed by atoms with van der Waals surface area (Å²) in [4.78, 5) is 55.6. The fraction of sp³-hybridized carbons (Fsp3) is 0.441. The van der Waals surface area contributed by atoms with Crippen LogP contribution in [0.25, 0.3) is 22.2 Å². The Balaban J connectivity index is 1.39. The number of anilines is 1. The first-order valence-electron chi connectivity index (χ1n) is 16.0. The number of carbonyl (C=O) groups excluding carboxylic acids is 3. The maximum absolute atomic E-state index is 13.2. The van der Waals surface area contributed by atoms with E-state index in [1.165, 1.54) is 12.4 Å². The van der Waals surface area contributed by atoms with Gasteiger partial charge in [0, 0.05) is 36.4 Å². The van der Waals surface area contributed by atoms with E-state index < -0.39 is 11.5 Å². The molecule has 0 aliphatic carbocycles. The topological polar surface area (TPSA) is 159 Å². The van der Waals surface area contributed by atoms with Gasteiger partial charge in [0.25, 0.3) is 11.8 Å². The SMILES string of the molecule is CC(C)Cc1nc2c(cnn2C2CCN(C(=O)OC(C)(C)C)CC2)c(-c2ccc3c(c2)OCC(=O)N3Cc2ncc(Cl)cn2)c1C(N)=O. The lowest BCUT2D eigenvalue weighted by Gasteiger charge is -2.33.